The van der Waals surface area contributed by atoms with Crippen LogP contribution in [-0.4, -0.2) is 28.7 Å². The maximum atomic E-state index is 9.38. The third kappa shape index (κ3) is 2.57. The fraction of sp³-hybridized carbons (Fsp3) is 0.333. The molecule has 0 saturated heterocycles. The Kier molecular flexibility index (Phi) is 3.72. The van der Waals surface area contributed by atoms with Crippen LogP contribution in [0.3, 0.4) is 0 Å². The van der Waals surface area contributed by atoms with Gasteiger partial charge in [-0.15, -0.1) is 0 Å². The van der Waals surface area contributed by atoms with Crippen LogP contribution < -0.4 is 0 Å². The van der Waals surface area contributed by atoms with Gasteiger partial charge < -0.3 is 14.6 Å². The zero-order chi connectivity index (χ0) is 13.1. The summed E-state index contributed by atoms with van der Waals surface area (Å²) in [7, 11) is 4.15. The maximum Gasteiger partial charge on any atom is 0.115 e. The molecule has 1 aromatic carbocycles. The van der Waals surface area contributed by atoms with Crippen LogP contribution in [0.2, 0.25) is 0 Å². The molecule has 1 heterocycles. The first-order chi connectivity index (χ1) is 8.61. The Balaban J connectivity index is 2.46. The lowest BCUT2D eigenvalue weighted by Gasteiger charge is -2.13. The van der Waals surface area contributed by atoms with Gasteiger partial charge in [0.25, 0.3) is 0 Å². The molecule has 0 unspecified atom stereocenters. The number of hydrogen-bond acceptors (Lipinski definition) is 2. The summed E-state index contributed by atoms with van der Waals surface area (Å²) in [5, 5.41) is 9.38. The Morgan fingerprint density at radius 2 is 1.78 bits per heavy atom. The monoisotopic (exact) mass is 244 g/mol. The second-order valence-electron chi connectivity index (χ2n) is 4.76. The average Bonchev–Trinajstić information content (AvgIpc) is 2.72. The summed E-state index contributed by atoms with van der Waals surface area (Å²) in [4.78, 5) is 2.17. The zero-order valence-electron chi connectivity index (χ0n) is 11.2. The highest BCUT2D eigenvalue weighted by atomic mass is 16.3. The average molecular weight is 244 g/mol. The van der Waals surface area contributed by atoms with Crippen molar-refractivity contribution in [2.24, 2.45) is 0 Å². The van der Waals surface area contributed by atoms with Crippen molar-refractivity contribution in [3.05, 3.63) is 42.1 Å². The number of aryl methyl sites for hydroxylation is 1. The quantitative estimate of drug-likeness (QED) is 0.895. The molecule has 0 aliphatic carbocycles. The molecule has 0 atom stereocenters. The minimum atomic E-state index is 0.308. The highest BCUT2D eigenvalue weighted by Gasteiger charge is 2.11. The van der Waals surface area contributed by atoms with Gasteiger partial charge in [0.1, 0.15) is 5.75 Å². The molecule has 18 heavy (non-hydrogen) atoms. The van der Waals surface area contributed by atoms with E-state index in [0.717, 1.165) is 18.7 Å². The number of phenols is 1. The number of hydrogen-bond donors (Lipinski definition) is 1. The van der Waals surface area contributed by atoms with Gasteiger partial charge in [-0.05, 0) is 62.5 Å². The van der Waals surface area contributed by atoms with Gasteiger partial charge in [0.15, 0.2) is 0 Å². The number of benzene rings is 1. The van der Waals surface area contributed by atoms with Crippen molar-refractivity contribution in [2.75, 3.05) is 14.1 Å². The van der Waals surface area contributed by atoms with E-state index in [1.807, 2.05) is 12.1 Å². The fourth-order valence-corrected chi connectivity index (χ4v) is 2.22. The van der Waals surface area contributed by atoms with Gasteiger partial charge in [-0.1, -0.05) is 0 Å². The highest BCUT2D eigenvalue weighted by molar-refractivity contribution is 5.65. The van der Waals surface area contributed by atoms with Crippen molar-refractivity contribution in [2.45, 2.75) is 20.0 Å². The lowest BCUT2D eigenvalue weighted by molar-refractivity contribution is 0.403. The summed E-state index contributed by atoms with van der Waals surface area (Å²) in [5.41, 5.74) is 3.70. The normalized spacial score (nSPS) is 11.1. The van der Waals surface area contributed by atoms with Crippen molar-refractivity contribution in [1.82, 2.24) is 9.47 Å². The molecule has 1 aromatic heterocycles. The highest BCUT2D eigenvalue weighted by Crippen LogP contribution is 2.27. The predicted molar refractivity (Wildman–Crippen MR) is 74.6 cm³/mol. The molecule has 0 saturated carbocycles. The molecule has 0 amide bonds. The van der Waals surface area contributed by atoms with Gasteiger partial charge in [-0.25, -0.2) is 0 Å². The molecule has 0 fully saturated rings. The van der Waals surface area contributed by atoms with Crippen LogP contribution in [0.15, 0.2) is 36.5 Å². The van der Waals surface area contributed by atoms with E-state index in [9.17, 15) is 5.11 Å². The Bertz CT molecular complexity index is 512. The molecule has 0 radical (unpaired) electrons. The summed E-state index contributed by atoms with van der Waals surface area (Å²) in [6.07, 6.45) is 2.13. The van der Waals surface area contributed by atoms with Crippen molar-refractivity contribution in [3.8, 4) is 17.0 Å². The van der Waals surface area contributed by atoms with Gasteiger partial charge >= 0.3 is 0 Å². The van der Waals surface area contributed by atoms with E-state index < -0.39 is 0 Å². The molecular formula is C15H20N2O. The maximum absolute atomic E-state index is 9.38. The Morgan fingerprint density at radius 1 is 1.11 bits per heavy atom. The zero-order valence-corrected chi connectivity index (χ0v) is 11.2. The minimum absolute atomic E-state index is 0.308. The van der Waals surface area contributed by atoms with E-state index in [4.69, 9.17) is 0 Å². The van der Waals surface area contributed by atoms with Crippen molar-refractivity contribution >= 4 is 0 Å². The molecule has 0 spiro atoms. The van der Waals surface area contributed by atoms with E-state index in [2.05, 4.69) is 42.7 Å². The second kappa shape index (κ2) is 5.27. The van der Waals surface area contributed by atoms with Crippen LogP contribution in [0.4, 0.5) is 0 Å². The summed E-state index contributed by atoms with van der Waals surface area (Å²) in [6.45, 7) is 4.01. The fourth-order valence-electron chi connectivity index (χ4n) is 2.22. The van der Waals surface area contributed by atoms with Crippen LogP contribution in [0, 0.1) is 0 Å². The van der Waals surface area contributed by atoms with Crippen LogP contribution in [0.1, 0.15) is 12.5 Å². The lowest BCUT2D eigenvalue weighted by atomic mass is 10.1. The van der Waals surface area contributed by atoms with Crippen molar-refractivity contribution < 1.29 is 5.11 Å². The predicted octanol–water partition coefficient (Wildman–Crippen LogP) is 2.94. The van der Waals surface area contributed by atoms with Gasteiger partial charge in [0, 0.05) is 19.3 Å². The topological polar surface area (TPSA) is 28.4 Å². The van der Waals surface area contributed by atoms with Crippen LogP contribution in [-0.2, 0) is 13.1 Å². The van der Waals surface area contributed by atoms with Gasteiger partial charge in [0.2, 0.25) is 0 Å². The number of aromatic nitrogens is 1. The smallest absolute Gasteiger partial charge is 0.115 e. The minimum Gasteiger partial charge on any atom is -0.508 e. The summed E-state index contributed by atoms with van der Waals surface area (Å²) < 4.78 is 2.24. The molecule has 3 nitrogen and oxygen atoms in total. The molecule has 0 aliphatic heterocycles. The Hall–Kier alpha value is -1.74. The van der Waals surface area contributed by atoms with Gasteiger partial charge in [-0.3, -0.25) is 0 Å². The third-order valence-electron chi connectivity index (χ3n) is 3.02. The molecule has 2 rings (SSSR count). The SMILES string of the molecule is CCn1ccc(CN(C)C)c1-c1ccc(O)cc1. The van der Waals surface area contributed by atoms with E-state index in [0.29, 0.717) is 5.75 Å². The Labute approximate surface area is 108 Å². The summed E-state index contributed by atoms with van der Waals surface area (Å²) in [5.74, 6) is 0.308. The number of phenolic OH excluding ortho intramolecular Hbond substituents is 1. The third-order valence-corrected chi connectivity index (χ3v) is 3.02. The van der Waals surface area contributed by atoms with Crippen molar-refractivity contribution in [3.63, 3.8) is 0 Å². The summed E-state index contributed by atoms with van der Waals surface area (Å²) in [6, 6.07) is 9.58. The van der Waals surface area contributed by atoms with Crippen molar-refractivity contribution in [1.29, 1.82) is 0 Å². The molecule has 0 aliphatic rings. The van der Waals surface area contributed by atoms with Gasteiger partial charge in [-0.2, -0.15) is 0 Å². The lowest BCUT2D eigenvalue weighted by Crippen LogP contribution is -2.11. The van der Waals surface area contributed by atoms with E-state index in [1.54, 1.807) is 12.1 Å². The first-order valence-electron chi connectivity index (χ1n) is 6.24. The first-order valence-corrected chi connectivity index (χ1v) is 6.24. The van der Waals surface area contributed by atoms with Crippen LogP contribution in [0.25, 0.3) is 11.3 Å². The van der Waals surface area contributed by atoms with E-state index in [1.165, 1.54) is 11.3 Å². The van der Waals surface area contributed by atoms with E-state index >= 15 is 0 Å². The molecule has 1 N–H and O–H groups in total. The van der Waals surface area contributed by atoms with Crippen LogP contribution in [0.5, 0.6) is 5.75 Å². The standard InChI is InChI=1S/C15H20N2O/c1-4-17-10-9-13(11-16(2)3)15(17)12-5-7-14(18)8-6-12/h5-10,18H,4,11H2,1-3H3. The summed E-state index contributed by atoms with van der Waals surface area (Å²) >= 11 is 0. The first kappa shape index (κ1) is 12.7. The molecular weight excluding hydrogens is 224 g/mol. The number of aromatic hydroxyl groups is 1. The second-order valence-corrected chi connectivity index (χ2v) is 4.76. The Morgan fingerprint density at radius 3 is 2.33 bits per heavy atom. The molecule has 3 heteroatoms. The molecule has 96 valence electrons. The molecule has 2 aromatic rings. The number of rotatable bonds is 4. The number of nitrogens with zero attached hydrogens (tertiary/aromatic N) is 2. The van der Waals surface area contributed by atoms with Gasteiger partial charge in [0.05, 0.1) is 5.69 Å². The van der Waals surface area contributed by atoms with Crippen LogP contribution >= 0.6 is 0 Å². The molecule has 0 bridgehead atoms. The van der Waals surface area contributed by atoms with E-state index in [-0.39, 0.29) is 0 Å². The largest absolute Gasteiger partial charge is 0.508 e.